The van der Waals surface area contributed by atoms with Crippen molar-refractivity contribution in [1.82, 2.24) is 14.3 Å². The minimum Gasteiger partial charge on any atom is -0.466 e. The largest absolute Gasteiger partial charge is 0.466 e. The van der Waals surface area contributed by atoms with Crippen LogP contribution in [0.5, 0.6) is 0 Å². The van der Waals surface area contributed by atoms with Gasteiger partial charge in [0.15, 0.2) is 5.13 Å². The molecular weight excluding hydrogens is 424 g/mol. The average Bonchev–Trinajstić information content (AvgIpc) is 3.33. The maximum Gasteiger partial charge on any atom is 0.311 e. The molecule has 0 atom stereocenters. The van der Waals surface area contributed by atoms with Crippen molar-refractivity contribution in [2.45, 2.75) is 18.2 Å². The lowest BCUT2D eigenvalue weighted by atomic mass is 10.3. The molecular formula is C16H20N4O5S3. The molecule has 2 aromatic rings. The standard InChI is InChI=1S/C16H20N4O5S3/c1-2-25-14(21)7-11-10-27-16(18-11)19-15(22)13-8-12(9-17-13)28(23,24)20-3-5-26-6-4-20/h8-10,17H,2-7H2,1H3,(H,18,19,22). The first-order chi connectivity index (χ1) is 13.4. The molecule has 2 aromatic heterocycles. The number of carbonyl (C=O) groups is 2. The number of esters is 1. The van der Waals surface area contributed by atoms with E-state index in [0.29, 0.717) is 30.5 Å². The smallest absolute Gasteiger partial charge is 0.311 e. The lowest BCUT2D eigenvalue weighted by Gasteiger charge is -2.24. The summed E-state index contributed by atoms with van der Waals surface area (Å²) in [5.41, 5.74) is 0.614. The molecule has 0 saturated carbocycles. The third kappa shape index (κ3) is 4.93. The number of nitrogens with zero attached hydrogens (tertiary/aromatic N) is 2. The van der Waals surface area contributed by atoms with Crippen molar-refractivity contribution in [3.63, 3.8) is 0 Å². The zero-order valence-electron chi connectivity index (χ0n) is 15.1. The van der Waals surface area contributed by atoms with E-state index in [2.05, 4.69) is 15.3 Å². The summed E-state index contributed by atoms with van der Waals surface area (Å²) in [5, 5.41) is 4.58. The lowest BCUT2D eigenvalue weighted by molar-refractivity contribution is -0.142. The number of H-pyrrole nitrogens is 1. The predicted octanol–water partition coefficient (Wildman–Crippen LogP) is 1.57. The molecule has 152 valence electrons. The number of thioether (sulfide) groups is 1. The third-order valence-electron chi connectivity index (χ3n) is 3.91. The van der Waals surface area contributed by atoms with Crippen molar-refractivity contribution < 1.29 is 22.7 Å². The number of ether oxygens (including phenoxy) is 1. The highest BCUT2D eigenvalue weighted by atomic mass is 32.2. The van der Waals surface area contributed by atoms with Crippen molar-refractivity contribution in [2.75, 3.05) is 36.5 Å². The molecule has 1 aliphatic rings. The minimum absolute atomic E-state index is 0.0270. The van der Waals surface area contributed by atoms with Gasteiger partial charge >= 0.3 is 5.97 Å². The summed E-state index contributed by atoms with van der Waals surface area (Å²) in [7, 11) is -3.62. The van der Waals surface area contributed by atoms with Gasteiger partial charge in [0.25, 0.3) is 5.91 Å². The quantitative estimate of drug-likeness (QED) is 0.622. The monoisotopic (exact) mass is 444 g/mol. The number of hydrogen-bond donors (Lipinski definition) is 2. The number of nitrogens with one attached hydrogen (secondary N) is 2. The van der Waals surface area contributed by atoms with Crippen LogP contribution < -0.4 is 5.32 Å². The molecule has 0 bridgehead atoms. The third-order valence-corrected chi connectivity index (χ3v) is 7.54. The van der Waals surface area contributed by atoms with Gasteiger partial charge in [-0.25, -0.2) is 13.4 Å². The lowest BCUT2D eigenvalue weighted by Crippen LogP contribution is -2.37. The van der Waals surface area contributed by atoms with Crippen LogP contribution in [0.1, 0.15) is 23.1 Å². The van der Waals surface area contributed by atoms with Crippen LogP contribution in [0.25, 0.3) is 0 Å². The Kier molecular flexibility index (Phi) is 6.75. The average molecular weight is 445 g/mol. The molecule has 3 heterocycles. The van der Waals surface area contributed by atoms with Crippen LogP contribution in [-0.2, 0) is 26.0 Å². The molecule has 1 fully saturated rings. The van der Waals surface area contributed by atoms with Gasteiger partial charge in [0.2, 0.25) is 10.0 Å². The topological polar surface area (TPSA) is 121 Å². The fraction of sp³-hybridized carbons (Fsp3) is 0.438. The van der Waals surface area contributed by atoms with E-state index >= 15 is 0 Å². The van der Waals surface area contributed by atoms with E-state index < -0.39 is 15.9 Å². The van der Waals surface area contributed by atoms with Crippen molar-refractivity contribution in [3.05, 3.63) is 29.0 Å². The first-order valence-corrected chi connectivity index (χ1v) is 12.0. The van der Waals surface area contributed by atoms with E-state index in [-0.39, 0.29) is 23.0 Å². The van der Waals surface area contributed by atoms with E-state index in [1.807, 2.05) is 0 Å². The second-order valence-electron chi connectivity index (χ2n) is 5.85. The molecule has 1 aliphatic heterocycles. The van der Waals surface area contributed by atoms with Crippen molar-refractivity contribution in [2.24, 2.45) is 0 Å². The molecule has 9 nitrogen and oxygen atoms in total. The van der Waals surface area contributed by atoms with Gasteiger partial charge in [0.1, 0.15) is 10.6 Å². The van der Waals surface area contributed by atoms with Crippen molar-refractivity contribution in [3.8, 4) is 0 Å². The highest BCUT2D eigenvalue weighted by Gasteiger charge is 2.28. The van der Waals surface area contributed by atoms with E-state index in [0.717, 1.165) is 11.5 Å². The van der Waals surface area contributed by atoms with Crippen molar-refractivity contribution >= 4 is 50.1 Å². The molecule has 0 unspecified atom stereocenters. The number of anilines is 1. The summed E-state index contributed by atoms with van der Waals surface area (Å²) in [4.78, 5) is 30.8. The SMILES string of the molecule is CCOC(=O)Cc1csc(NC(=O)c2cc(S(=O)(=O)N3CCSCC3)c[nH]2)n1. The summed E-state index contributed by atoms with van der Waals surface area (Å²) in [5.74, 6) is 0.623. The number of carbonyl (C=O) groups excluding carboxylic acids is 2. The number of amides is 1. The van der Waals surface area contributed by atoms with Gasteiger partial charge in [-0.3, -0.25) is 14.9 Å². The summed E-state index contributed by atoms with van der Waals surface area (Å²) in [6.45, 7) is 2.94. The number of sulfonamides is 1. The van der Waals surface area contributed by atoms with Crippen LogP contribution in [0.3, 0.4) is 0 Å². The van der Waals surface area contributed by atoms with E-state index in [1.54, 1.807) is 24.1 Å². The molecule has 1 saturated heterocycles. The number of aromatic amines is 1. The maximum absolute atomic E-state index is 12.7. The summed E-state index contributed by atoms with van der Waals surface area (Å²) in [6, 6.07) is 1.32. The van der Waals surface area contributed by atoms with Crippen LogP contribution in [0, 0.1) is 0 Å². The van der Waals surface area contributed by atoms with Gasteiger partial charge in [-0.2, -0.15) is 16.1 Å². The van der Waals surface area contributed by atoms with Crippen LogP contribution in [0.2, 0.25) is 0 Å². The molecule has 0 spiro atoms. The molecule has 28 heavy (non-hydrogen) atoms. The molecule has 3 rings (SSSR count). The predicted molar refractivity (Wildman–Crippen MR) is 107 cm³/mol. The highest BCUT2D eigenvalue weighted by molar-refractivity contribution is 7.99. The first-order valence-electron chi connectivity index (χ1n) is 8.58. The van der Waals surface area contributed by atoms with Crippen LogP contribution in [0.4, 0.5) is 5.13 Å². The second kappa shape index (κ2) is 9.07. The fourth-order valence-corrected chi connectivity index (χ4v) is 5.84. The Labute approximate surface area is 170 Å². The molecule has 1 amide bonds. The van der Waals surface area contributed by atoms with Gasteiger partial charge in [-0.1, -0.05) is 0 Å². The Morgan fingerprint density at radius 1 is 1.36 bits per heavy atom. The molecule has 0 aromatic carbocycles. The summed E-state index contributed by atoms with van der Waals surface area (Å²) >= 11 is 2.89. The van der Waals surface area contributed by atoms with Gasteiger partial charge in [-0.15, -0.1) is 11.3 Å². The molecule has 0 aliphatic carbocycles. The van der Waals surface area contributed by atoms with Gasteiger partial charge in [-0.05, 0) is 13.0 Å². The zero-order valence-corrected chi connectivity index (χ0v) is 17.6. The Morgan fingerprint density at radius 3 is 2.82 bits per heavy atom. The Hall–Kier alpha value is -1.89. The first kappa shape index (κ1) is 20.8. The van der Waals surface area contributed by atoms with Crippen LogP contribution in [-0.4, -0.2) is 65.8 Å². The number of thiazole rings is 1. The van der Waals surface area contributed by atoms with E-state index in [9.17, 15) is 18.0 Å². The zero-order chi connectivity index (χ0) is 20.1. The Morgan fingerprint density at radius 2 is 2.11 bits per heavy atom. The van der Waals surface area contributed by atoms with Gasteiger partial charge in [0, 0.05) is 36.2 Å². The molecule has 0 radical (unpaired) electrons. The normalized spacial score (nSPS) is 15.3. The second-order valence-corrected chi connectivity index (χ2v) is 9.87. The van der Waals surface area contributed by atoms with Crippen molar-refractivity contribution in [1.29, 1.82) is 0 Å². The van der Waals surface area contributed by atoms with Crippen LogP contribution >= 0.6 is 23.1 Å². The summed E-state index contributed by atoms with van der Waals surface area (Å²) in [6.07, 6.45) is 1.35. The van der Waals surface area contributed by atoms with Gasteiger partial charge in [0.05, 0.1) is 18.7 Å². The van der Waals surface area contributed by atoms with E-state index in [4.69, 9.17) is 4.74 Å². The minimum atomic E-state index is -3.62. The number of aromatic nitrogens is 2. The highest BCUT2D eigenvalue weighted by Crippen LogP contribution is 2.22. The fourth-order valence-electron chi connectivity index (χ4n) is 2.56. The molecule has 2 N–H and O–H groups in total. The summed E-state index contributed by atoms with van der Waals surface area (Å²) < 4.78 is 31.6. The van der Waals surface area contributed by atoms with Gasteiger partial charge < -0.3 is 9.72 Å². The molecule has 12 heteroatoms. The Bertz CT molecular complexity index is 947. The number of rotatable bonds is 7. The Balaban J connectivity index is 1.64. The number of hydrogen-bond acceptors (Lipinski definition) is 8. The maximum atomic E-state index is 12.7. The van der Waals surface area contributed by atoms with E-state index in [1.165, 1.54) is 27.9 Å². The van der Waals surface area contributed by atoms with Crippen LogP contribution in [0.15, 0.2) is 22.5 Å².